The van der Waals surface area contributed by atoms with Crippen molar-refractivity contribution in [3.05, 3.63) is 60.3 Å². The van der Waals surface area contributed by atoms with Crippen LogP contribution in [0.3, 0.4) is 0 Å². The van der Waals surface area contributed by atoms with Crippen LogP contribution < -0.4 is 10.6 Å². The van der Waals surface area contributed by atoms with Gasteiger partial charge in [0.1, 0.15) is 12.1 Å². The molecule has 0 saturated heterocycles. The fourth-order valence-electron chi connectivity index (χ4n) is 3.31. The molecule has 1 fully saturated rings. The molecule has 0 amide bonds. The summed E-state index contributed by atoms with van der Waals surface area (Å²) in [7, 11) is 0. The molecular weight excluding hydrogens is 314 g/mol. The van der Waals surface area contributed by atoms with Gasteiger partial charge >= 0.3 is 0 Å². The van der Waals surface area contributed by atoms with Gasteiger partial charge < -0.3 is 20.7 Å². The van der Waals surface area contributed by atoms with Gasteiger partial charge in [-0.05, 0) is 30.2 Å². The van der Waals surface area contributed by atoms with Crippen molar-refractivity contribution in [1.82, 2.24) is 4.98 Å². The monoisotopic (exact) mass is 335 g/mol. The molecule has 0 radical (unpaired) electrons. The van der Waals surface area contributed by atoms with Crippen LogP contribution in [0.5, 0.6) is 0 Å². The van der Waals surface area contributed by atoms with Crippen molar-refractivity contribution < 1.29 is 9.90 Å². The van der Waals surface area contributed by atoms with Gasteiger partial charge in [0.25, 0.3) is 0 Å². The van der Waals surface area contributed by atoms with Gasteiger partial charge in [-0.1, -0.05) is 37.3 Å². The van der Waals surface area contributed by atoms with E-state index in [0.717, 1.165) is 28.7 Å². The Balaban J connectivity index is 1.52. The molecule has 128 valence electrons. The number of aromatic nitrogens is 1. The van der Waals surface area contributed by atoms with E-state index in [-0.39, 0.29) is 11.8 Å². The first-order chi connectivity index (χ1) is 12.2. The van der Waals surface area contributed by atoms with E-state index in [1.807, 2.05) is 54.7 Å². The Morgan fingerprint density at radius 3 is 2.60 bits per heavy atom. The van der Waals surface area contributed by atoms with E-state index in [0.29, 0.717) is 0 Å². The quantitative estimate of drug-likeness (QED) is 0.578. The number of hydrogen-bond acceptors (Lipinski definition) is 4. The molecule has 1 aliphatic rings. The van der Waals surface area contributed by atoms with Crippen LogP contribution in [-0.2, 0) is 11.2 Å². The van der Waals surface area contributed by atoms with E-state index >= 15 is 0 Å². The first-order valence-corrected chi connectivity index (χ1v) is 8.57. The number of anilines is 2. The van der Waals surface area contributed by atoms with E-state index in [4.69, 9.17) is 0 Å². The molecule has 2 aromatic carbocycles. The van der Waals surface area contributed by atoms with E-state index in [1.54, 1.807) is 0 Å². The lowest BCUT2D eigenvalue weighted by Gasteiger charge is -2.41. The number of aryl methyl sites for hydroxylation is 1. The van der Waals surface area contributed by atoms with Crippen molar-refractivity contribution in [2.75, 3.05) is 10.6 Å². The van der Waals surface area contributed by atoms with E-state index in [1.165, 1.54) is 5.56 Å². The van der Waals surface area contributed by atoms with Crippen molar-refractivity contribution in [2.45, 2.75) is 31.5 Å². The highest BCUT2D eigenvalue weighted by atomic mass is 16.3. The number of fused-ring (bicyclic) bond motifs is 1. The highest BCUT2D eigenvalue weighted by Crippen LogP contribution is 2.29. The van der Waals surface area contributed by atoms with Gasteiger partial charge in [-0.15, -0.1) is 0 Å². The number of aromatic amines is 1. The molecule has 3 unspecified atom stereocenters. The summed E-state index contributed by atoms with van der Waals surface area (Å²) in [6.07, 6.45) is 1.85. The standard InChI is InChI=1S/C20H21N3O2/c1-2-12-7-9-13(10-8-12)22-17-18(20(25)19(17)24)23-16-11-21-15-6-4-3-5-14(15)16/h3-11,17-18,20-23,25H,2H2,1H3. The van der Waals surface area contributed by atoms with Gasteiger partial charge in [-0.25, -0.2) is 0 Å². The number of hydrogen-bond donors (Lipinski definition) is 4. The third kappa shape index (κ3) is 2.76. The number of para-hydroxylation sites is 1. The summed E-state index contributed by atoms with van der Waals surface area (Å²) in [5, 5.41) is 17.7. The molecule has 5 nitrogen and oxygen atoms in total. The Bertz CT molecular complexity index is 901. The second kappa shape index (κ2) is 6.26. The molecule has 1 aromatic heterocycles. The highest BCUT2D eigenvalue weighted by Gasteiger charge is 2.49. The fourth-order valence-corrected chi connectivity index (χ4v) is 3.31. The average Bonchev–Trinajstić information content (AvgIpc) is 3.08. The van der Waals surface area contributed by atoms with Gasteiger partial charge in [0.05, 0.1) is 11.7 Å². The van der Waals surface area contributed by atoms with Crippen LogP contribution in [-0.4, -0.2) is 34.1 Å². The third-order valence-electron chi connectivity index (χ3n) is 4.89. The largest absolute Gasteiger partial charge is 0.383 e. The fraction of sp³-hybridized carbons (Fsp3) is 0.250. The lowest BCUT2D eigenvalue weighted by Crippen LogP contribution is -2.67. The minimum Gasteiger partial charge on any atom is -0.383 e. The maximum absolute atomic E-state index is 12.1. The lowest BCUT2D eigenvalue weighted by atomic mass is 9.81. The number of H-pyrrole nitrogens is 1. The van der Waals surface area contributed by atoms with Crippen LogP contribution in [0.4, 0.5) is 11.4 Å². The average molecular weight is 335 g/mol. The molecule has 4 rings (SSSR count). The molecule has 0 bridgehead atoms. The first kappa shape index (κ1) is 15.7. The molecule has 1 heterocycles. The second-order valence-corrected chi connectivity index (χ2v) is 6.44. The number of nitrogens with one attached hydrogen (secondary N) is 3. The normalized spacial score (nSPS) is 22.6. The van der Waals surface area contributed by atoms with Gasteiger partial charge in [0.15, 0.2) is 5.78 Å². The molecule has 3 atom stereocenters. The molecule has 5 heteroatoms. The molecular formula is C20H21N3O2. The summed E-state index contributed by atoms with van der Waals surface area (Å²) in [5.41, 5.74) is 4.04. The Hall–Kier alpha value is -2.79. The zero-order chi connectivity index (χ0) is 17.4. The van der Waals surface area contributed by atoms with Crippen LogP contribution in [0, 0.1) is 0 Å². The zero-order valence-corrected chi connectivity index (χ0v) is 14.0. The lowest BCUT2D eigenvalue weighted by molar-refractivity contribution is -0.137. The summed E-state index contributed by atoms with van der Waals surface area (Å²) in [6, 6.07) is 15.2. The van der Waals surface area contributed by atoms with Gasteiger partial charge in [0, 0.05) is 22.8 Å². The summed E-state index contributed by atoms with van der Waals surface area (Å²) in [6.45, 7) is 2.11. The maximum Gasteiger partial charge on any atom is 0.187 e. The van der Waals surface area contributed by atoms with Crippen molar-refractivity contribution in [1.29, 1.82) is 0 Å². The van der Waals surface area contributed by atoms with Crippen LogP contribution in [0.15, 0.2) is 54.7 Å². The number of Topliss-reactive ketones (excluding diaryl/α,β-unsaturated/α-hetero) is 1. The molecule has 1 saturated carbocycles. The zero-order valence-electron chi connectivity index (χ0n) is 14.0. The minimum atomic E-state index is -0.999. The van der Waals surface area contributed by atoms with Gasteiger partial charge in [0.2, 0.25) is 0 Å². The topological polar surface area (TPSA) is 77.2 Å². The van der Waals surface area contributed by atoms with Crippen LogP contribution in [0.1, 0.15) is 12.5 Å². The van der Waals surface area contributed by atoms with Gasteiger partial charge in [-0.3, -0.25) is 4.79 Å². The SMILES string of the molecule is CCc1ccc(NC2C(=O)C(O)C2Nc2c[nH]c3ccccc23)cc1. The minimum absolute atomic E-state index is 0.183. The van der Waals surface area contributed by atoms with E-state index in [2.05, 4.69) is 22.5 Å². The molecule has 4 N–H and O–H groups in total. The van der Waals surface area contributed by atoms with E-state index in [9.17, 15) is 9.90 Å². The number of benzene rings is 2. The van der Waals surface area contributed by atoms with Crippen molar-refractivity contribution in [3.63, 3.8) is 0 Å². The van der Waals surface area contributed by atoms with Crippen LogP contribution in [0.2, 0.25) is 0 Å². The predicted molar refractivity (Wildman–Crippen MR) is 100.0 cm³/mol. The number of carbonyl (C=O) groups excluding carboxylic acids is 1. The summed E-state index contributed by atoms with van der Waals surface area (Å²) < 4.78 is 0. The summed E-state index contributed by atoms with van der Waals surface area (Å²) in [5.74, 6) is -0.183. The Labute approximate surface area is 146 Å². The smallest absolute Gasteiger partial charge is 0.187 e. The number of ketones is 1. The van der Waals surface area contributed by atoms with Crippen LogP contribution >= 0.6 is 0 Å². The number of rotatable bonds is 5. The summed E-state index contributed by atoms with van der Waals surface area (Å²) in [4.78, 5) is 15.3. The maximum atomic E-state index is 12.1. The van der Waals surface area contributed by atoms with Crippen molar-refractivity contribution in [2.24, 2.45) is 0 Å². The highest BCUT2D eigenvalue weighted by molar-refractivity contribution is 6.01. The number of aliphatic hydroxyl groups excluding tert-OH is 1. The Morgan fingerprint density at radius 1 is 1.08 bits per heavy atom. The Morgan fingerprint density at radius 2 is 1.84 bits per heavy atom. The van der Waals surface area contributed by atoms with E-state index < -0.39 is 12.1 Å². The number of carbonyl (C=O) groups is 1. The van der Waals surface area contributed by atoms with Crippen molar-refractivity contribution in [3.8, 4) is 0 Å². The molecule has 25 heavy (non-hydrogen) atoms. The molecule has 1 aliphatic carbocycles. The molecule has 0 spiro atoms. The summed E-state index contributed by atoms with van der Waals surface area (Å²) >= 11 is 0. The predicted octanol–water partition coefficient (Wildman–Crippen LogP) is 2.94. The second-order valence-electron chi connectivity index (χ2n) is 6.44. The Kier molecular flexibility index (Phi) is 3.93. The molecule has 3 aromatic rings. The first-order valence-electron chi connectivity index (χ1n) is 8.57. The molecule has 0 aliphatic heterocycles. The van der Waals surface area contributed by atoms with Crippen LogP contribution in [0.25, 0.3) is 10.9 Å². The number of aliphatic hydroxyl groups is 1. The third-order valence-corrected chi connectivity index (χ3v) is 4.89. The van der Waals surface area contributed by atoms with Gasteiger partial charge in [-0.2, -0.15) is 0 Å². The van der Waals surface area contributed by atoms with Crippen molar-refractivity contribution >= 4 is 28.1 Å².